The quantitative estimate of drug-likeness (QED) is 0.438. The second-order valence-corrected chi connectivity index (χ2v) is 8.02. The van der Waals surface area contributed by atoms with Crippen molar-refractivity contribution in [3.8, 4) is 0 Å². The van der Waals surface area contributed by atoms with Gasteiger partial charge in [-0.15, -0.1) is 0 Å². The second kappa shape index (κ2) is 8.35. The zero-order valence-corrected chi connectivity index (χ0v) is 18.0. The zero-order chi connectivity index (χ0) is 22.9. The second-order valence-electron chi connectivity index (χ2n) is 8.02. The number of hydrogen-bond acceptors (Lipinski definition) is 3. The Morgan fingerprint density at radius 1 is 1.03 bits per heavy atom. The molecule has 0 aliphatic heterocycles. The van der Waals surface area contributed by atoms with E-state index in [0.29, 0.717) is 23.3 Å². The molecule has 33 heavy (non-hydrogen) atoms. The predicted octanol–water partition coefficient (Wildman–Crippen LogP) is 4.49. The lowest BCUT2D eigenvalue weighted by molar-refractivity contribution is -0.116. The van der Waals surface area contributed by atoms with Crippen molar-refractivity contribution in [1.82, 2.24) is 14.1 Å². The first-order chi connectivity index (χ1) is 16.0. The van der Waals surface area contributed by atoms with Gasteiger partial charge in [-0.05, 0) is 48.9 Å². The minimum atomic E-state index is -0.379. The number of rotatable bonds is 5. The lowest BCUT2D eigenvalue weighted by atomic mass is 10.1. The van der Waals surface area contributed by atoms with Gasteiger partial charge in [0.15, 0.2) is 0 Å². The number of anilines is 1. The Hall–Kier alpha value is -4.26. The molecule has 0 atom stereocenters. The Morgan fingerprint density at radius 2 is 1.79 bits per heavy atom. The van der Waals surface area contributed by atoms with Crippen molar-refractivity contribution in [1.29, 1.82) is 0 Å². The third-order valence-electron chi connectivity index (χ3n) is 5.61. The lowest BCUT2D eigenvalue weighted by Crippen LogP contribution is -2.25. The molecule has 2 aromatic heterocycles. The van der Waals surface area contributed by atoms with E-state index in [-0.39, 0.29) is 23.8 Å². The molecule has 3 aromatic carbocycles. The van der Waals surface area contributed by atoms with Gasteiger partial charge in [0.25, 0.3) is 5.56 Å². The molecule has 0 saturated heterocycles. The molecule has 5 rings (SSSR count). The van der Waals surface area contributed by atoms with E-state index in [1.807, 2.05) is 55.5 Å². The number of nitrogens with zero attached hydrogens (tertiary/aromatic N) is 3. The molecule has 0 fully saturated rings. The molecular formula is C26H21FN4O2. The number of hydrogen-bond donors (Lipinski definition) is 1. The van der Waals surface area contributed by atoms with Crippen LogP contribution in [0.15, 0.2) is 83.9 Å². The summed E-state index contributed by atoms with van der Waals surface area (Å²) in [6.45, 7) is 2.28. The molecule has 0 aliphatic carbocycles. The van der Waals surface area contributed by atoms with E-state index in [4.69, 9.17) is 0 Å². The fourth-order valence-electron chi connectivity index (χ4n) is 4.05. The summed E-state index contributed by atoms with van der Waals surface area (Å²) in [5, 5.41) is 3.59. The number of benzene rings is 3. The Bertz CT molecular complexity index is 1540. The molecule has 0 unspecified atom stereocenters. The Balaban J connectivity index is 1.60. The first-order valence-corrected chi connectivity index (χ1v) is 10.6. The zero-order valence-electron chi connectivity index (χ0n) is 18.0. The maximum Gasteiger partial charge on any atom is 0.278 e. The fraction of sp³-hybridized carbons (Fsp3) is 0.115. The lowest BCUT2D eigenvalue weighted by Gasteiger charge is -2.10. The topological polar surface area (TPSA) is 68.9 Å². The van der Waals surface area contributed by atoms with Gasteiger partial charge in [-0.1, -0.05) is 42.0 Å². The minimum Gasteiger partial charge on any atom is -0.325 e. The van der Waals surface area contributed by atoms with Crippen molar-refractivity contribution >= 4 is 33.5 Å². The molecule has 0 aliphatic rings. The molecule has 2 heterocycles. The SMILES string of the molecule is Cc1ccc2c(c1)c1ncn(Cc3ccccc3)c(=O)c1n2CC(=O)Nc1ccc(F)cc1. The summed E-state index contributed by atoms with van der Waals surface area (Å²) in [4.78, 5) is 31.0. The molecule has 6 nitrogen and oxygen atoms in total. The van der Waals surface area contributed by atoms with Gasteiger partial charge in [-0.2, -0.15) is 0 Å². The minimum absolute atomic E-state index is 0.0767. The van der Waals surface area contributed by atoms with Crippen LogP contribution >= 0.6 is 0 Å². The van der Waals surface area contributed by atoms with Crippen molar-refractivity contribution in [3.05, 3.63) is 106 Å². The number of nitrogens with one attached hydrogen (secondary N) is 1. The van der Waals surface area contributed by atoms with Crippen LogP contribution in [0.5, 0.6) is 0 Å². The smallest absolute Gasteiger partial charge is 0.278 e. The van der Waals surface area contributed by atoms with Gasteiger partial charge in [0.05, 0.1) is 18.4 Å². The van der Waals surface area contributed by atoms with Gasteiger partial charge < -0.3 is 9.88 Å². The van der Waals surface area contributed by atoms with Crippen LogP contribution in [-0.2, 0) is 17.9 Å². The molecular weight excluding hydrogens is 419 g/mol. The van der Waals surface area contributed by atoms with Crippen LogP contribution in [0.4, 0.5) is 10.1 Å². The molecule has 0 radical (unpaired) electrons. The summed E-state index contributed by atoms with van der Waals surface area (Å²) >= 11 is 0. The summed E-state index contributed by atoms with van der Waals surface area (Å²) in [6, 6.07) is 21.0. The normalized spacial score (nSPS) is 11.2. The molecule has 164 valence electrons. The number of carbonyl (C=O) groups is 1. The number of amides is 1. The van der Waals surface area contributed by atoms with Crippen molar-refractivity contribution in [3.63, 3.8) is 0 Å². The van der Waals surface area contributed by atoms with E-state index in [2.05, 4.69) is 10.3 Å². The maximum atomic E-state index is 13.5. The Morgan fingerprint density at radius 3 is 2.55 bits per heavy atom. The van der Waals surface area contributed by atoms with Crippen LogP contribution in [0, 0.1) is 12.7 Å². The first kappa shape index (κ1) is 20.6. The van der Waals surface area contributed by atoms with Crippen LogP contribution in [-0.4, -0.2) is 20.0 Å². The maximum absolute atomic E-state index is 13.5. The highest BCUT2D eigenvalue weighted by Gasteiger charge is 2.19. The van der Waals surface area contributed by atoms with Crippen LogP contribution < -0.4 is 10.9 Å². The monoisotopic (exact) mass is 440 g/mol. The number of fused-ring (bicyclic) bond motifs is 3. The number of aromatic nitrogens is 3. The third-order valence-corrected chi connectivity index (χ3v) is 5.61. The summed E-state index contributed by atoms with van der Waals surface area (Å²) in [5.74, 6) is -0.699. The summed E-state index contributed by atoms with van der Waals surface area (Å²) < 4.78 is 16.5. The largest absolute Gasteiger partial charge is 0.325 e. The molecule has 1 amide bonds. The highest BCUT2D eigenvalue weighted by atomic mass is 19.1. The van der Waals surface area contributed by atoms with E-state index in [1.165, 1.54) is 24.3 Å². The van der Waals surface area contributed by atoms with Crippen LogP contribution in [0.2, 0.25) is 0 Å². The van der Waals surface area contributed by atoms with Gasteiger partial charge >= 0.3 is 0 Å². The predicted molar refractivity (Wildman–Crippen MR) is 127 cm³/mol. The van der Waals surface area contributed by atoms with E-state index in [0.717, 1.165) is 22.0 Å². The van der Waals surface area contributed by atoms with E-state index < -0.39 is 0 Å². The van der Waals surface area contributed by atoms with E-state index in [1.54, 1.807) is 15.5 Å². The van der Waals surface area contributed by atoms with Crippen molar-refractivity contribution in [2.45, 2.75) is 20.0 Å². The molecule has 0 saturated carbocycles. The van der Waals surface area contributed by atoms with Crippen LogP contribution in [0.25, 0.3) is 21.9 Å². The molecule has 5 aromatic rings. The van der Waals surface area contributed by atoms with Crippen molar-refractivity contribution < 1.29 is 9.18 Å². The van der Waals surface area contributed by atoms with Crippen LogP contribution in [0.3, 0.4) is 0 Å². The third kappa shape index (κ3) is 4.01. The number of aryl methyl sites for hydroxylation is 1. The highest BCUT2D eigenvalue weighted by molar-refractivity contribution is 6.06. The fourth-order valence-corrected chi connectivity index (χ4v) is 4.05. The van der Waals surface area contributed by atoms with Gasteiger partial charge in [-0.25, -0.2) is 9.37 Å². The van der Waals surface area contributed by atoms with Gasteiger partial charge in [0.1, 0.15) is 23.4 Å². The average Bonchev–Trinajstić information content (AvgIpc) is 3.11. The molecule has 0 spiro atoms. The van der Waals surface area contributed by atoms with Gasteiger partial charge in [-0.3, -0.25) is 14.2 Å². The molecule has 7 heteroatoms. The standard InChI is InChI=1S/C26H21FN4O2/c1-17-7-12-22-21(13-17)24-25(26(33)30(16-28-24)14-18-5-3-2-4-6-18)31(22)15-23(32)29-20-10-8-19(27)9-11-20/h2-13,16H,14-15H2,1H3,(H,29,32). The van der Waals surface area contributed by atoms with E-state index >= 15 is 0 Å². The summed E-state index contributed by atoms with van der Waals surface area (Å²) in [7, 11) is 0. The first-order valence-electron chi connectivity index (χ1n) is 10.6. The average molecular weight is 440 g/mol. The Kier molecular flexibility index (Phi) is 5.22. The van der Waals surface area contributed by atoms with Gasteiger partial charge in [0.2, 0.25) is 5.91 Å². The molecule has 0 bridgehead atoms. The number of halogens is 1. The Labute approximate surface area is 188 Å². The number of carbonyl (C=O) groups excluding carboxylic acids is 1. The summed E-state index contributed by atoms with van der Waals surface area (Å²) in [5.41, 5.74) is 3.98. The van der Waals surface area contributed by atoms with E-state index in [9.17, 15) is 14.0 Å². The molecule has 1 N–H and O–H groups in total. The highest BCUT2D eigenvalue weighted by Crippen LogP contribution is 2.26. The van der Waals surface area contributed by atoms with Gasteiger partial charge in [0, 0.05) is 11.1 Å². The summed E-state index contributed by atoms with van der Waals surface area (Å²) in [6.07, 6.45) is 1.56. The van der Waals surface area contributed by atoms with Crippen LogP contribution in [0.1, 0.15) is 11.1 Å². The van der Waals surface area contributed by atoms with Crippen molar-refractivity contribution in [2.24, 2.45) is 0 Å². The van der Waals surface area contributed by atoms with Crippen molar-refractivity contribution in [2.75, 3.05) is 5.32 Å².